The van der Waals surface area contributed by atoms with Crippen molar-refractivity contribution in [1.82, 2.24) is 9.97 Å². The van der Waals surface area contributed by atoms with Crippen LogP contribution in [0.1, 0.15) is 19.7 Å². The number of ether oxygens (including phenoxy) is 2. The highest BCUT2D eigenvalue weighted by atomic mass is 32.2. The van der Waals surface area contributed by atoms with Crippen molar-refractivity contribution in [3.05, 3.63) is 11.9 Å². The lowest BCUT2D eigenvalue weighted by atomic mass is 10.5. The highest BCUT2D eigenvalue weighted by Crippen LogP contribution is 2.19. The zero-order chi connectivity index (χ0) is 14.1. The van der Waals surface area contributed by atoms with E-state index in [4.69, 9.17) is 4.74 Å². The number of hydrogen-bond acceptors (Lipinski definition) is 7. The van der Waals surface area contributed by atoms with Gasteiger partial charge in [-0.3, -0.25) is 4.79 Å². The topological polar surface area (TPSA) is 73.3 Å². The molecule has 6 nitrogen and oxygen atoms in total. The molecule has 0 fully saturated rings. The maximum absolute atomic E-state index is 11.1. The van der Waals surface area contributed by atoms with Crippen molar-refractivity contribution < 1.29 is 14.3 Å². The first-order valence-corrected chi connectivity index (χ1v) is 7.07. The SMILES string of the molecule is CCNc1cc(SCC(=O)OC)nc(COCC)n1. The van der Waals surface area contributed by atoms with E-state index >= 15 is 0 Å². The van der Waals surface area contributed by atoms with Crippen LogP contribution >= 0.6 is 11.8 Å². The van der Waals surface area contributed by atoms with Crippen LogP contribution in [0.15, 0.2) is 11.1 Å². The lowest BCUT2D eigenvalue weighted by molar-refractivity contribution is -0.137. The van der Waals surface area contributed by atoms with Crippen molar-refractivity contribution in [2.75, 3.05) is 31.3 Å². The Hall–Kier alpha value is -1.34. The Morgan fingerprint density at radius 3 is 2.84 bits per heavy atom. The summed E-state index contributed by atoms with van der Waals surface area (Å²) in [6.45, 7) is 5.65. The Bertz CT molecular complexity index is 415. The Balaban J connectivity index is 2.76. The number of anilines is 1. The molecule has 0 bridgehead atoms. The van der Waals surface area contributed by atoms with Crippen LogP contribution in [0, 0.1) is 0 Å². The number of carbonyl (C=O) groups is 1. The van der Waals surface area contributed by atoms with Crippen molar-refractivity contribution in [2.45, 2.75) is 25.5 Å². The van der Waals surface area contributed by atoms with E-state index in [-0.39, 0.29) is 11.7 Å². The van der Waals surface area contributed by atoms with Crippen LogP contribution < -0.4 is 5.32 Å². The van der Waals surface area contributed by atoms with Crippen LogP contribution in [0.4, 0.5) is 5.82 Å². The predicted octanol–water partition coefficient (Wildman–Crippen LogP) is 1.71. The number of esters is 1. The summed E-state index contributed by atoms with van der Waals surface area (Å²) in [5.41, 5.74) is 0. The standard InChI is InChI=1S/C12H19N3O3S/c1-4-13-9-6-11(19-8-12(16)17-3)15-10(14-9)7-18-5-2/h6H,4-5,7-8H2,1-3H3,(H,13,14,15). The smallest absolute Gasteiger partial charge is 0.316 e. The first-order valence-electron chi connectivity index (χ1n) is 6.08. The lowest BCUT2D eigenvalue weighted by Crippen LogP contribution is -2.07. The number of thioether (sulfide) groups is 1. The van der Waals surface area contributed by atoms with Crippen LogP contribution in [0.25, 0.3) is 0 Å². The van der Waals surface area contributed by atoms with E-state index in [2.05, 4.69) is 20.0 Å². The molecule has 0 aliphatic carbocycles. The first kappa shape index (κ1) is 15.7. The van der Waals surface area contributed by atoms with E-state index in [1.165, 1.54) is 18.9 Å². The number of hydrogen-bond donors (Lipinski definition) is 1. The van der Waals surface area contributed by atoms with E-state index in [0.29, 0.717) is 19.0 Å². The molecule has 0 aliphatic rings. The Morgan fingerprint density at radius 1 is 1.42 bits per heavy atom. The van der Waals surface area contributed by atoms with Crippen molar-refractivity contribution in [3.63, 3.8) is 0 Å². The van der Waals surface area contributed by atoms with Gasteiger partial charge in [0.2, 0.25) is 0 Å². The third kappa shape index (κ3) is 5.89. The second-order valence-electron chi connectivity index (χ2n) is 3.54. The second kappa shape index (κ2) is 8.71. The van der Waals surface area contributed by atoms with Crippen LogP contribution in [-0.2, 0) is 20.9 Å². The second-order valence-corrected chi connectivity index (χ2v) is 4.54. The number of rotatable bonds is 8. The fourth-order valence-corrected chi connectivity index (χ4v) is 2.02. The summed E-state index contributed by atoms with van der Waals surface area (Å²) in [4.78, 5) is 19.8. The molecule has 1 aromatic rings. The fourth-order valence-electron chi connectivity index (χ4n) is 1.27. The summed E-state index contributed by atoms with van der Waals surface area (Å²) < 4.78 is 9.90. The van der Waals surface area contributed by atoms with E-state index in [9.17, 15) is 4.79 Å². The summed E-state index contributed by atoms with van der Waals surface area (Å²) in [7, 11) is 1.37. The quantitative estimate of drug-likeness (QED) is 0.443. The largest absolute Gasteiger partial charge is 0.468 e. The number of aromatic nitrogens is 2. The summed E-state index contributed by atoms with van der Waals surface area (Å²) in [5, 5.41) is 3.86. The van der Waals surface area contributed by atoms with Gasteiger partial charge in [0.25, 0.3) is 0 Å². The molecule has 19 heavy (non-hydrogen) atoms. The molecular formula is C12H19N3O3S. The van der Waals surface area contributed by atoms with Gasteiger partial charge >= 0.3 is 5.97 Å². The maximum atomic E-state index is 11.1. The van der Waals surface area contributed by atoms with Gasteiger partial charge in [0.05, 0.1) is 12.9 Å². The molecule has 0 spiro atoms. The Morgan fingerprint density at radius 2 is 2.21 bits per heavy atom. The maximum Gasteiger partial charge on any atom is 0.316 e. The molecule has 0 unspecified atom stereocenters. The van der Waals surface area contributed by atoms with E-state index in [1.54, 1.807) is 0 Å². The van der Waals surface area contributed by atoms with Gasteiger partial charge in [-0.15, -0.1) is 0 Å². The molecule has 1 aromatic heterocycles. The van der Waals surface area contributed by atoms with E-state index in [1.807, 2.05) is 19.9 Å². The van der Waals surface area contributed by atoms with E-state index in [0.717, 1.165) is 17.4 Å². The molecule has 0 radical (unpaired) electrons. The third-order valence-electron chi connectivity index (χ3n) is 2.11. The fraction of sp³-hybridized carbons (Fsp3) is 0.583. The van der Waals surface area contributed by atoms with Crippen LogP contribution in [-0.4, -0.2) is 42.0 Å². The molecule has 1 rings (SSSR count). The van der Waals surface area contributed by atoms with Crippen molar-refractivity contribution in [1.29, 1.82) is 0 Å². The summed E-state index contributed by atoms with van der Waals surface area (Å²) >= 11 is 1.32. The van der Waals surface area contributed by atoms with Gasteiger partial charge in [0.1, 0.15) is 17.5 Å². The molecule has 0 amide bonds. The average Bonchev–Trinajstić information content (AvgIpc) is 2.42. The minimum atomic E-state index is -0.278. The predicted molar refractivity (Wildman–Crippen MR) is 74.3 cm³/mol. The zero-order valence-corrected chi connectivity index (χ0v) is 12.2. The van der Waals surface area contributed by atoms with Gasteiger partial charge in [-0.1, -0.05) is 11.8 Å². The number of nitrogens with zero attached hydrogens (tertiary/aromatic N) is 2. The van der Waals surface area contributed by atoms with Gasteiger partial charge in [0, 0.05) is 19.2 Å². The average molecular weight is 285 g/mol. The van der Waals surface area contributed by atoms with Gasteiger partial charge in [-0.25, -0.2) is 9.97 Å². The zero-order valence-electron chi connectivity index (χ0n) is 11.4. The molecule has 1 N–H and O–H groups in total. The highest BCUT2D eigenvalue weighted by Gasteiger charge is 2.08. The van der Waals surface area contributed by atoms with Gasteiger partial charge in [-0.2, -0.15) is 0 Å². The number of carbonyl (C=O) groups excluding carboxylic acids is 1. The molecule has 1 heterocycles. The molecule has 7 heteroatoms. The Labute approximate surface area is 117 Å². The van der Waals surface area contributed by atoms with Crippen molar-refractivity contribution >= 4 is 23.5 Å². The van der Waals surface area contributed by atoms with Crippen molar-refractivity contribution in [2.24, 2.45) is 0 Å². The lowest BCUT2D eigenvalue weighted by Gasteiger charge is -2.08. The minimum absolute atomic E-state index is 0.229. The van der Waals surface area contributed by atoms with Crippen LogP contribution in [0.5, 0.6) is 0 Å². The molecule has 0 aromatic carbocycles. The van der Waals surface area contributed by atoms with Gasteiger partial charge < -0.3 is 14.8 Å². The summed E-state index contributed by atoms with van der Waals surface area (Å²) in [5.74, 6) is 1.29. The molecule has 0 atom stereocenters. The normalized spacial score (nSPS) is 10.3. The third-order valence-corrected chi connectivity index (χ3v) is 2.99. The number of methoxy groups -OCH3 is 1. The monoisotopic (exact) mass is 285 g/mol. The van der Waals surface area contributed by atoms with Crippen LogP contribution in [0.2, 0.25) is 0 Å². The first-order chi connectivity index (χ1) is 9.19. The highest BCUT2D eigenvalue weighted by molar-refractivity contribution is 7.99. The van der Waals surface area contributed by atoms with Crippen LogP contribution in [0.3, 0.4) is 0 Å². The summed E-state index contributed by atoms with van der Waals surface area (Å²) in [6, 6.07) is 1.81. The van der Waals surface area contributed by atoms with E-state index < -0.39 is 0 Å². The van der Waals surface area contributed by atoms with Crippen molar-refractivity contribution in [3.8, 4) is 0 Å². The Kier molecular flexibility index (Phi) is 7.20. The number of nitrogens with one attached hydrogen (secondary N) is 1. The molecule has 106 valence electrons. The molecule has 0 saturated carbocycles. The molecule has 0 saturated heterocycles. The molecular weight excluding hydrogens is 266 g/mol. The van der Waals surface area contributed by atoms with Gasteiger partial charge in [-0.05, 0) is 13.8 Å². The minimum Gasteiger partial charge on any atom is -0.468 e. The summed E-state index contributed by atoms with van der Waals surface area (Å²) in [6.07, 6.45) is 0. The molecule has 0 aliphatic heterocycles. The van der Waals surface area contributed by atoms with Gasteiger partial charge in [0.15, 0.2) is 5.82 Å².